The summed E-state index contributed by atoms with van der Waals surface area (Å²) in [5, 5.41) is 11.4. The molecule has 0 aliphatic heterocycles. The molecule has 2 aromatic carbocycles. The predicted molar refractivity (Wildman–Crippen MR) is 69.7 cm³/mol. The van der Waals surface area contributed by atoms with E-state index in [-0.39, 0.29) is 6.61 Å². The van der Waals surface area contributed by atoms with Gasteiger partial charge in [0, 0.05) is 10.7 Å². The molecule has 0 bridgehead atoms. The van der Waals surface area contributed by atoms with Crippen LogP contribution in [0.15, 0.2) is 36.4 Å². The maximum atomic E-state index is 10.5. The average molecular weight is 295 g/mol. The Morgan fingerprint density at radius 3 is 2.59 bits per heavy atom. The fraction of sp³-hybridized carbons (Fsp3) is 0.154. The molecule has 1 N–H and O–H groups in total. The molecule has 0 radical (unpaired) electrons. The van der Waals surface area contributed by atoms with Gasteiger partial charge in [-0.05, 0) is 17.0 Å². The SMILES string of the molecule is O=C(O)COc1cccc2c(CBr)cccc12. The van der Waals surface area contributed by atoms with Crippen molar-refractivity contribution in [2.75, 3.05) is 6.61 Å². The molecule has 0 unspecified atom stereocenters. The zero-order chi connectivity index (χ0) is 12.3. The van der Waals surface area contributed by atoms with Crippen molar-refractivity contribution in [3.05, 3.63) is 42.0 Å². The van der Waals surface area contributed by atoms with E-state index in [1.54, 1.807) is 6.07 Å². The third-order valence-electron chi connectivity index (χ3n) is 2.47. The van der Waals surface area contributed by atoms with Crippen LogP contribution in [0.1, 0.15) is 5.56 Å². The van der Waals surface area contributed by atoms with Gasteiger partial charge in [0.1, 0.15) is 5.75 Å². The molecule has 0 aliphatic carbocycles. The first-order valence-corrected chi connectivity index (χ1v) is 6.25. The number of benzene rings is 2. The highest BCUT2D eigenvalue weighted by atomic mass is 79.9. The normalized spacial score (nSPS) is 10.4. The van der Waals surface area contributed by atoms with Crippen LogP contribution in [0.5, 0.6) is 5.75 Å². The van der Waals surface area contributed by atoms with Gasteiger partial charge in [0.05, 0.1) is 0 Å². The molecule has 0 spiro atoms. The van der Waals surface area contributed by atoms with Crippen molar-refractivity contribution in [1.29, 1.82) is 0 Å². The Balaban J connectivity index is 2.46. The lowest BCUT2D eigenvalue weighted by Gasteiger charge is -2.09. The Hall–Kier alpha value is -1.55. The molecule has 0 saturated carbocycles. The van der Waals surface area contributed by atoms with Gasteiger partial charge in [-0.1, -0.05) is 46.3 Å². The van der Waals surface area contributed by atoms with Crippen molar-refractivity contribution in [2.24, 2.45) is 0 Å². The van der Waals surface area contributed by atoms with Gasteiger partial charge in [-0.15, -0.1) is 0 Å². The van der Waals surface area contributed by atoms with E-state index >= 15 is 0 Å². The summed E-state index contributed by atoms with van der Waals surface area (Å²) in [6.07, 6.45) is 0. The minimum absolute atomic E-state index is 0.322. The minimum atomic E-state index is -0.973. The molecule has 4 heteroatoms. The van der Waals surface area contributed by atoms with Crippen molar-refractivity contribution in [3.63, 3.8) is 0 Å². The van der Waals surface area contributed by atoms with Crippen LogP contribution >= 0.6 is 15.9 Å². The molecule has 3 nitrogen and oxygen atoms in total. The summed E-state index contributed by atoms with van der Waals surface area (Å²) >= 11 is 3.43. The molecule has 17 heavy (non-hydrogen) atoms. The molecule has 0 atom stereocenters. The molecular formula is C13H11BrO3. The first-order valence-electron chi connectivity index (χ1n) is 5.13. The standard InChI is InChI=1S/C13H11BrO3/c14-7-9-3-1-5-11-10(9)4-2-6-12(11)17-8-13(15)16/h1-6H,7-8H2,(H,15,16). The smallest absolute Gasteiger partial charge is 0.341 e. The number of halogens is 1. The molecule has 88 valence electrons. The number of aliphatic carboxylic acids is 1. The third kappa shape index (κ3) is 2.58. The summed E-state index contributed by atoms with van der Waals surface area (Å²) in [7, 11) is 0. The number of hydrogen-bond acceptors (Lipinski definition) is 2. The molecule has 0 fully saturated rings. The number of carboxylic acids is 1. The molecule has 0 aromatic heterocycles. The summed E-state index contributed by atoms with van der Waals surface area (Å²) in [6, 6.07) is 11.5. The van der Waals surface area contributed by atoms with Crippen LogP contribution in [0, 0.1) is 0 Å². The van der Waals surface area contributed by atoms with Crippen LogP contribution in [0.4, 0.5) is 0 Å². The van der Waals surface area contributed by atoms with Crippen LogP contribution in [0.3, 0.4) is 0 Å². The van der Waals surface area contributed by atoms with Crippen molar-refractivity contribution < 1.29 is 14.6 Å². The van der Waals surface area contributed by atoms with Crippen molar-refractivity contribution >= 4 is 32.7 Å². The van der Waals surface area contributed by atoms with E-state index in [0.29, 0.717) is 5.75 Å². The van der Waals surface area contributed by atoms with Crippen LogP contribution in [0.2, 0.25) is 0 Å². The lowest BCUT2D eigenvalue weighted by Crippen LogP contribution is -2.09. The summed E-state index contributed by atoms with van der Waals surface area (Å²) in [5.41, 5.74) is 1.16. The van der Waals surface area contributed by atoms with Gasteiger partial charge in [0.2, 0.25) is 0 Å². The topological polar surface area (TPSA) is 46.5 Å². The van der Waals surface area contributed by atoms with E-state index in [0.717, 1.165) is 21.7 Å². The van der Waals surface area contributed by atoms with Crippen molar-refractivity contribution in [1.82, 2.24) is 0 Å². The summed E-state index contributed by atoms with van der Waals surface area (Å²) < 4.78 is 5.27. The van der Waals surface area contributed by atoms with E-state index < -0.39 is 5.97 Å². The summed E-state index contributed by atoms with van der Waals surface area (Å²) in [4.78, 5) is 10.5. The Bertz CT molecular complexity index is 551. The van der Waals surface area contributed by atoms with E-state index in [2.05, 4.69) is 15.9 Å². The van der Waals surface area contributed by atoms with Crippen molar-refractivity contribution in [3.8, 4) is 5.75 Å². The third-order valence-corrected chi connectivity index (χ3v) is 3.07. The second-order valence-corrected chi connectivity index (χ2v) is 4.15. The van der Waals surface area contributed by atoms with Crippen molar-refractivity contribution in [2.45, 2.75) is 5.33 Å². The van der Waals surface area contributed by atoms with Gasteiger partial charge in [0.25, 0.3) is 0 Å². The zero-order valence-electron chi connectivity index (χ0n) is 9.02. The van der Waals surface area contributed by atoms with E-state index in [1.165, 1.54) is 0 Å². The summed E-state index contributed by atoms with van der Waals surface area (Å²) in [5.74, 6) is -0.369. The van der Waals surface area contributed by atoms with E-state index in [1.807, 2.05) is 30.3 Å². The Morgan fingerprint density at radius 1 is 1.18 bits per heavy atom. The lowest BCUT2D eigenvalue weighted by molar-refractivity contribution is -0.139. The lowest BCUT2D eigenvalue weighted by atomic mass is 10.1. The highest BCUT2D eigenvalue weighted by Gasteiger charge is 2.06. The van der Waals surface area contributed by atoms with E-state index in [4.69, 9.17) is 9.84 Å². The maximum absolute atomic E-state index is 10.5. The average Bonchev–Trinajstić information content (AvgIpc) is 2.35. The largest absolute Gasteiger partial charge is 0.481 e. The molecular weight excluding hydrogens is 284 g/mol. The monoisotopic (exact) mass is 294 g/mol. The van der Waals surface area contributed by atoms with E-state index in [9.17, 15) is 4.79 Å². The molecule has 2 rings (SSSR count). The van der Waals surface area contributed by atoms with Gasteiger partial charge < -0.3 is 9.84 Å². The van der Waals surface area contributed by atoms with Gasteiger partial charge in [-0.3, -0.25) is 0 Å². The molecule has 0 heterocycles. The van der Waals surface area contributed by atoms with Crippen LogP contribution in [-0.4, -0.2) is 17.7 Å². The fourth-order valence-corrected chi connectivity index (χ4v) is 2.22. The Labute approximate surface area is 107 Å². The van der Waals surface area contributed by atoms with Gasteiger partial charge >= 0.3 is 5.97 Å². The molecule has 0 amide bonds. The number of hydrogen-bond donors (Lipinski definition) is 1. The first-order chi connectivity index (χ1) is 8.22. The summed E-state index contributed by atoms with van der Waals surface area (Å²) in [6.45, 7) is -0.322. The van der Waals surface area contributed by atoms with Crippen LogP contribution < -0.4 is 4.74 Å². The Morgan fingerprint density at radius 2 is 1.88 bits per heavy atom. The van der Waals surface area contributed by atoms with Gasteiger partial charge in [0.15, 0.2) is 6.61 Å². The molecule has 0 aliphatic rings. The second-order valence-electron chi connectivity index (χ2n) is 3.58. The highest BCUT2D eigenvalue weighted by molar-refractivity contribution is 9.08. The Kier molecular flexibility index (Phi) is 3.64. The quantitative estimate of drug-likeness (QED) is 0.881. The number of ether oxygens (including phenoxy) is 1. The highest BCUT2D eigenvalue weighted by Crippen LogP contribution is 2.28. The fourth-order valence-electron chi connectivity index (χ4n) is 1.73. The minimum Gasteiger partial charge on any atom is -0.481 e. The first kappa shape index (κ1) is 11.9. The number of rotatable bonds is 4. The number of fused-ring (bicyclic) bond motifs is 1. The van der Waals surface area contributed by atoms with Crippen LogP contribution in [-0.2, 0) is 10.1 Å². The molecule has 2 aromatic rings. The van der Waals surface area contributed by atoms with Gasteiger partial charge in [-0.25, -0.2) is 4.79 Å². The van der Waals surface area contributed by atoms with Crippen LogP contribution in [0.25, 0.3) is 10.8 Å². The zero-order valence-corrected chi connectivity index (χ0v) is 10.6. The number of alkyl halides is 1. The predicted octanol–water partition coefficient (Wildman–Crippen LogP) is 3.20. The maximum Gasteiger partial charge on any atom is 0.341 e. The number of carbonyl (C=O) groups is 1. The second kappa shape index (κ2) is 5.19. The van der Waals surface area contributed by atoms with Gasteiger partial charge in [-0.2, -0.15) is 0 Å². The molecule has 0 saturated heterocycles. The number of carboxylic acid groups (broad SMARTS) is 1.